The Morgan fingerprint density at radius 2 is 2.43 bits per heavy atom. The van der Waals surface area contributed by atoms with Crippen LogP contribution in [0.4, 0.5) is 5.13 Å². The molecule has 6 heteroatoms. The SMILES string of the molecule is CN1CCCC(N(C)c2nnns2)C1. The second-order valence-corrected chi connectivity index (χ2v) is 4.53. The molecule has 1 fully saturated rings. The van der Waals surface area contributed by atoms with Crippen molar-refractivity contribution in [3.05, 3.63) is 0 Å². The van der Waals surface area contributed by atoms with Crippen LogP contribution in [0, 0.1) is 0 Å². The average molecular weight is 213 g/mol. The summed E-state index contributed by atoms with van der Waals surface area (Å²) in [5.41, 5.74) is 0. The molecule has 1 saturated heterocycles. The van der Waals surface area contributed by atoms with E-state index < -0.39 is 0 Å². The van der Waals surface area contributed by atoms with Gasteiger partial charge in [0.25, 0.3) is 0 Å². The van der Waals surface area contributed by atoms with Gasteiger partial charge < -0.3 is 9.80 Å². The zero-order valence-corrected chi connectivity index (χ0v) is 9.37. The van der Waals surface area contributed by atoms with E-state index in [-0.39, 0.29) is 0 Å². The van der Waals surface area contributed by atoms with Crippen LogP contribution in [0.2, 0.25) is 0 Å². The van der Waals surface area contributed by atoms with Crippen LogP contribution < -0.4 is 4.90 Å². The van der Waals surface area contributed by atoms with Crippen LogP contribution in [-0.4, -0.2) is 52.9 Å². The Bertz CT molecular complexity index is 275. The average Bonchev–Trinajstić information content (AvgIpc) is 2.69. The normalized spacial score (nSPS) is 23.7. The van der Waals surface area contributed by atoms with Crippen LogP contribution in [0.25, 0.3) is 0 Å². The van der Waals surface area contributed by atoms with Crippen molar-refractivity contribution < 1.29 is 0 Å². The van der Waals surface area contributed by atoms with Crippen LogP contribution in [0.5, 0.6) is 0 Å². The predicted molar refractivity (Wildman–Crippen MR) is 56.6 cm³/mol. The van der Waals surface area contributed by atoms with Gasteiger partial charge in [0.05, 0.1) is 0 Å². The first-order chi connectivity index (χ1) is 6.77. The summed E-state index contributed by atoms with van der Waals surface area (Å²) in [6.45, 7) is 2.31. The number of likely N-dealkylation sites (N-methyl/N-ethyl adjacent to an activating group) is 2. The van der Waals surface area contributed by atoms with Gasteiger partial charge in [-0.3, -0.25) is 0 Å². The highest BCUT2D eigenvalue weighted by molar-refractivity contribution is 7.09. The van der Waals surface area contributed by atoms with Gasteiger partial charge in [0.2, 0.25) is 5.13 Å². The number of aromatic nitrogens is 3. The van der Waals surface area contributed by atoms with E-state index in [2.05, 4.69) is 38.7 Å². The second kappa shape index (κ2) is 4.18. The number of likely N-dealkylation sites (tertiary alicyclic amines) is 1. The zero-order valence-electron chi connectivity index (χ0n) is 8.55. The summed E-state index contributed by atoms with van der Waals surface area (Å²) in [5.74, 6) is 0. The first-order valence-corrected chi connectivity index (χ1v) is 5.61. The number of anilines is 1. The van der Waals surface area contributed by atoms with Crippen molar-refractivity contribution in [2.24, 2.45) is 0 Å². The Morgan fingerprint density at radius 1 is 1.57 bits per heavy atom. The summed E-state index contributed by atoms with van der Waals surface area (Å²) < 4.78 is 3.78. The molecule has 5 nitrogen and oxygen atoms in total. The van der Waals surface area contributed by atoms with Gasteiger partial charge in [0, 0.05) is 31.2 Å². The molecule has 0 aromatic carbocycles. The molecule has 1 aliphatic rings. The van der Waals surface area contributed by atoms with Gasteiger partial charge >= 0.3 is 0 Å². The standard InChI is InChI=1S/C8H15N5S/c1-12-5-3-4-7(6-12)13(2)8-9-10-11-14-8/h7H,3-6H2,1-2H3. The molecule has 0 bridgehead atoms. The van der Waals surface area contributed by atoms with Gasteiger partial charge in [-0.15, -0.1) is 0 Å². The molecule has 1 atom stereocenters. The van der Waals surface area contributed by atoms with Gasteiger partial charge in [0.1, 0.15) is 0 Å². The fourth-order valence-electron chi connectivity index (χ4n) is 1.88. The molecule has 0 spiro atoms. The highest BCUT2D eigenvalue weighted by Crippen LogP contribution is 2.20. The largest absolute Gasteiger partial charge is 0.344 e. The lowest BCUT2D eigenvalue weighted by atomic mass is 10.1. The molecular formula is C8H15N5S. The van der Waals surface area contributed by atoms with Crippen molar-refractivity contribution in [3.8, 4) is 0 Å². The summed E-state index contributed by atoms with van der Waals surface area (Å²) in [7, 11) is 4.24. The number of piperidine rings is 1. The Morgan fingerprint density at radius 3 is 3.07 bits per heavy atom. The van der Waals surface area contributed by atoms with Crippen LogP contribution in [-0.2, 0) is 0 Å². The summed E-state index contributed by atoms with van der Waals surface area (Å²) in [5, 5.41) is 8.52. The first kappa shape index (κ1) is 9.79. The number of nitrogens with zero attached hydrogens (tertiary/aromatic N) is 5. The van der Waals surface area contributed by atoms with E-state index in [0.717, 1.165) is 11.7 Å². The Hall–Kier alpha value is -0.750. The third-order valence-corrected chi connectivity index (χ3v) is 3.43. The molecule has 1 aromatic rings. The third kappa shape index (κ3) is 2.01. The monoisotopic (exact) mass is 213 g/mol. The van der Waals surface area contributed by atoms with Crippen LogP contribution in [0.3, 0.4) is 0 Å². The summed E-state index contributed by atoms with van der Waals surface area (Å²) >= 11 is 1.36. The van der Waals surface area contributed by atoms with Crippen molar-refractivity contribution in [1.82, 2.24) is 19.7 Å². The van der Waals surface area contributed by atoms with Crippen molar-refractivity contribution in [3.63, 3.8) is 0 Å². The lowest BCUT2D eigenvalue weighted by molar-refractivity contribution is 0.248. The lowest BCUT2D eigenvalue weighted by Crippen LogP contribution is -2.45. The lowest BCUT2D eigenvalue weighted by Gasteiger charge is -2.35. The quantitative estimate of drug-likeness (QED) is 0.714. The molecule has 2 heterocycles. The third-order valence-electron chi connectivity index (χ3n) is 2.74. The molecule has 0 N–H and O–H groups in total. The number of hydrogen-bond donors (Lipinski definition) is 0. The minimum Gasteiger partial charge on any atom is -0.344 e. The van der Waals surface area contributed by atoms with E-state index in [9.17, 15) is 0 Å². The molecule has 14 heavy (non-hydrogen) atoms. The van der Waals surface area contributed by atoms with Crippen molar-refractivity contribution >= 4 is 16.7 Å². The van der Waals surface area contributed by atoms with Gasteiger partial charge in [-0.2, -0.15) is 0 Å². The highest BCUT2D eigenvalue weighted by Gasteiger charge is 2.22. The fraction of sp³-hybridized carbons (Fsp3) is 0.875. The maximum Gasteiger partial charge on any atom is 0.227 e. The smallest absolute Gasteiger partial charge is 0.227 e. The highest BCUT2D eigenvalue weighted by atomic mass is 32.1. The molecule has 0 saturated carbocycles. The Labute approximate surface area is 87.9 Å². The van der Waals surface area contributed by atoms with E-state index in [0.29, 0.717) is 6.04 Å². The second-order valence-electron chi connectivity index (χ2n) is 3.81. The minimum absolute atomic E-state index is 0.559. The summed E-state index contributed by atoms with van der Waals surface area (Å²) in [6.07, 6.45) is 2.50. The number of hydrogen-bond acceptors (Lipinski definition) is 6. The molecule has 0 amide bonds. The van der Waals surface area contributed by atoms with Gasteiger partial charge in [0.15, 0.2) is 0 Å². The molecule has 1 aliphatic heterocycles. The minimum atomic E-state index is 0.559. The molecule has 0 aliphatic carbocycles. The van der Waals surface area contributed by atoms with Crippen molar-refractivity contribution in [2.45, 2.75) is 18.9 Å². The predicted octanol–water partition coefficient (Wildman–Crippen LogP) is 0.463. The number of rotatable bonds is 2. The van der Waals surface area contributed by atoms with E-state index in [1.807, 2.05) is 0 Å². The van der Waals surface area contributed by atoms with Gasteiger partial charge in [-0.1, -0.05) is 9.59 Å². The van der Waals surface area contributed by atoms with E-state index in [4.69, 9.17) is 0 Å². The van der Waals surface area contributed by atoms with Gasteiger partial charge in [-0.25, -0.2) is 0 Å². The van der Waals surface area contributed by atoms with E-state index in [1.54, 1.807) is 0 Å². The molecule has 0 radical (unpaired) electrons. The molecule has 1 unspecified atom stereocenters. The topological polar surface area (TPSA) is 45.2 Å². The Balaban J connectivity index is 2.00. The van der Waals surface area contributed by atoms with Crippen molar-refractivity contribution in [2.75, 3.05) is 32.1 Å². The Kier molecular flexibility index (Phi) is 2.93. The fourth-order valence-corrected chi connectivity index (χ4v) is 2.37. The molecular weight excluding hydrogens is 198 g/mol. The van der Waals surface area contributed by atoms with E-state index in [1.165, 1.54) is 30.9 Å². The van der Waals surface area contributed by atoms with Crippen LogP contribution >= 0.6 is 11.5 Å². The summed E-state index contributed by atoms with van der Waals surface area (Å²) in [4.78, 5) is 4.56. The van der Waals surface area contributed by atoms with E-state index >= 15 is 0 Å². The summed E-state index contributed by atoms with van der Waals surface area (Å²) in [6, 6.07) is 0.559. The maximum atomic E-state index is 3.98. The van der Waals surface area contributed by atoms with Crippen molar-refractivity contribution in [1.29, 1.82) is 0 Å². The van der Waals surface area contributed by atoms with Crippen LogP contribution in [0.1, 0.15) is 12.8 Å². The van der Waals surface area contributed by atoms with Gasteiger partial charge in [-0.05, 0) is 31.6 Å². The molecule has 78 valence electrons. The zero-order chi connectivity index (χ0) is 9.97. The molecule has 2 rings (SSSR count). The first-order valence-electron chi connectivity index (χ1n) is 4.84. The van der Waals surface area contributed by atoms with Crippen LogP contribution in [0.15, 0.2) is 0 Å². The molecule has 1 aromatic heterocycles. The maximum absolute atomic E-state index is 3.98.